The predicted octanol–water partition coefficient (Wildman–Crippen LogP) is 2.16. The first kappa shape index (κ1) is 13.6. The number of carbonyl (C=O) groups is 1. The van der Waals surface area contributed by atoms with E-state index in [2.05, 4.69) is 5.32 Å². The van der Waals surface area contributed by atoms with Crippen LogP contribution in [0.1, 0.15) is 15.9 Å². The molecule has 0 radical (unpaired) electrons. The van der Waals surface area contributed by atoms with E-state index in [1.807, 2.05) is 48.6 Å². The molecule has 1 aromatic carbocycles. The Balaban J connectivity index is 1.93. The third-order valence-electron chi connectivity index (χ3n) is 3.00. The first-order chi connectivity index (χ1) is 8.68. The second-order valence-corrected chi connectivity index (χ2v) is 6.86. The first-order valence-electron chi connectivity index (χ1n) is 6.01. The van der Waals surface area contributed by atoms with Crippen LogP contribution in [-0.2, 0) is 0 Å². The van der Waals surface area contributed by atoms with Gasteiger partial charge in [0.05, 0.1) is 0 Å². The molecule has 1 unspecified atom stereocenters. The van der Waals surface area contributed by atoms with Gasteiger partial charge in [-0.05, 0) is 24.6 Å². The molecule has 1 amide bonds. The molecule has 1 heterocycles. The van der Waals surface area contributed by atoms with E-state index >= 15 is 0 Å². The van der Waals surface area contributed by atoms with E-state index in [1.165, 1.54) is 11.5 Å². The fourth-order valence-electron chi connectivity index (χ4n) is 1.86. The molecule has 0 aliphatic carbocycles. The number of benzene rings is 1. The van der Waals surface area contributed by atoms with Crippen LogP contribution < -0.4 is 11.1 Å². The molecule has 1 saturated heterocycles. The maximum Gasteiger partial charge on any atom is 0.251 e. The summed E-state index contributed by atoms with van der Waals surface area (Å²) in [6.45, 7) is 2.63. The maximum atomic E-state index is 12.1. The molecule has 3 N–H and O–H groups in total. The van der Waals surface area contributed by atoms with E-state index < -0.39 is 0 Å². The van der Waals surface area contributed by atoms with E-state index in [0.29, 0.717) is 16.5 Å². The number of rotatable bonds is 3. The zero-order valence-corrected chi connectivity index (χ0v) is 12.1. The highest BCUT2D eigenvalue weighted by atomic mass is 32.2. The Hall–Kier alpha value is -0.810. The Kier molecular flexibility index (Phi) is 4.83. The molecule has 1 fully saturated rings. The summed E-state index contributed by atoms with van der Waals surface area (Å²) in [5, 5.41) is 3.54. The van der Waals surface area contributed by atoms with Gasteiger partial charge < -0.3 is 11.1 Å². The van der Waals surface area contributed by atoms with Crippen LogP contribution in [0.2, 0.25) is 0 Å². The lowest BCUT2D eigenvalue weighted by molar-refractivity contribution is 0.0953. The number of nitrogen functional groups attached to an aromatic ring is 1. The van der Waals surface area contributed by atoms with E-state index in [4.69, 9.17) is 5.73 Å². The molecule has 0 spiro atoms. The van der Waals surface area contributed by atoms with E-state index in [-0.39, 0.29) is 5.91 Å². The third-order valence-corrected chi connectivity index (χ3v) is 5.84. The number of hydrogen-bond donors (Lipinski definition) is 2. The average Bonchev–Trinajstić information content (AvgIpc) is 2.40. The lowest BCUT2D eigenvalue weighted by Gasteiger charge is -2.21. The Morgan fingerprint density at radius 3 is 3.06 bits per heavy atom. The van der Waals surface area contributed by atoms with Crippen LogP contribution in [-0.4, -0.2) is 35.0 Å². The molecule has 0 aromatic heterocycles. The van der Waals surface area contributed by atoms with E-state index in [0.717, 1.165) is 17.9 Å². The molecule has 1 aromatic rings. The minimum absolute atomic E-state index is 0.0176. The van der Waals surface area contributed by atoms with Gasteiger partial charge in [-0.3, -0.25) is 4.79 Å². The van der Waals surface area contributed by atoms with Crippen molar-refractivity contribution in [1.29, 1.82) is 0 Å². The second kappa shape index (κ2) is 6.38. The van der Waals surface area contributed by atoms with Gasteiger partial charge in [0.2, 0.25) is 0 Å². The SMILES string of the molecule is Cc1c(N)cccc1C(=O)NCC1CSCCS1. The van der Waals surface area contributed by atoms with Gasteiger partial charge >= 0.3 is 0 Å². The molecule has 1 aliphatic rings. The fraction of sp³-hybridized carbons (Fsp3) is 0.462. The van der Waals surface area contributed by atoms with Crippen LogP contribution in [0.25, 0.3) is 0 Å². The van der Waals surface area contributed by atoms with Crippen LogP contribution in [0.5, 0.6) is 0 Å². The standard InChI is InChI=1S/C13H18N2OS2/c1-9-11(3-2-4-12(9)14)13(16)15-7-10-8-17-5-6-18-10/h2-4,10H,5-8,14H2,1H3,(H,15,16). The molecular formula is C13H18N2OS2. The topological polar surface area (TPSA) is 55.1 Å². The van der Waals surface area contributed by atoms with Crippen LogP contribution in [0.4, 0.5) is 5.69 Å². The number of hydrogen-bond acceptors (Lipinski definition) is 4. The van der Waals surface area contributed by atoms with E-state index in [9.17, 15) is 4.79 Å². The van der Waals surface area contributed by atoms with Crippen LogP contribution in [0.15, 0.2) is 18.2 Å². The molecule has 0 bridgehead atoms. The van der Waals surface area contributed by atoms with Crippen molar-refractivity contribution in [2.45, 2.75) is 12.2 Å². The zero-order valence-electron chi connectivity index (χ0n) is 10.4. The summed E-state index contributed by atoms with van der Waals surface area (Å²) in [5.41, 5.74) is 8.03. The van der Waals surface area contributed by atoms with Crippen molar-refractivity contribution in [3.8, 4) is 0 Å². The summed E-state index contributed by atoms with van der Waals surface area (Å²) in [4.78, 5) is 12.1. The number of nitrogens with one attached hydrogen (secondary N) is 1. The highest BCUT2D eigenvalue weighted by molar-refractivity contribution is 8.06. The summed E-state index contributed by atoms with van der Waals surface area (Å²) in [6, 6.07) is 5.46. The summed E-state index contributed by atoms with van der Waals surface area (Å²) in [7, 11) is 0. The normalized spacial score (nSPS) is 19.5. The smallest absolute Gasteiger partial charge is 0.251 e. The van der Waals surface area contributed by atoms with Gasteiger partial charge in [-0.1, -0.05) is 6.07 Å². The highest BCUT2D eigenvalue weighted by Crippen LogP contribution is 2.23. The van der Waals surface area contributed by atoms with Gasteiger partial charge in [-0.25, -0.2) is 0 Å². The Labute approximate surface area is 116 Å². The van der Waals surface area contributed by atoms with Crippen molar-refractivity contribution >= 4 is 35.1 Å². The number of anilines is 1. The quantitative estimate of drug-likeness (QED) is 0.834. The Morgan fingerprint density at radius 1 is 1.50 bits per heavy atom. The second-order valence-electron chi connectivity index (χ2n) is 4.30. The largest absolute Gasteiger partial charge is 0.398 e. The average molecular weight is 282 g/mol. The molecule has 1 atom stereocenters. The molecular weight excluding hydrogens is 264 g/mol. The van der Waals surface area contributed by atoms with Crippen LogP contribution in [0, 0.1) is 6.92 Å². The van der Waals surface area contributed by atoms with Gasteiger partial charge in [0.25, 0.3) is 5.91 Å². The lowest BCUT2D eigenvalue weighted by Crippen LogP contribution is -2.33. The molecule has 3 nitrogen and oxygen atoms in total. The predicted molar refractivity (Wildman–Crippen MR) is 81.5 cm³/mol. The number of amides is 1. The third kappa shape index (κ3) is 3.36. The van der Waals surface area contributed by atoms with Gasteiger partial charge in [-0.2, -0.15) is 23.5 Å². The number of thioether (sulfide) groups is 2. The minimum atomic E-state index is -0.0176. The van der Waals surface area contributed by atoms with Crippen molar-refractivity contribution in [3.05, 3.63) is 29.3 Å². The van der Waals surface area contributed by atoms with Crippen molar-refractivity contribution in [2.75, 3.05) is 29.5 Å². The maximum absolute atomic E-state index is 12.1. The first-order valence-corrected chi connectivity index (χ1v) is 8.21. The van der Waals surface area contributed by atoms with Crippen molar-refractivity contribution in [1.82, 2.24) is 5.32 Å². The van der Waals surface area contributed by atoms with Gasteiger partial charge in [0.1, 0.15) is 0 Å². The summed E-state index contributed by atoms with van der Waals surface area (Å²) < 4.78 is 0. The summed E-state index contributed by atoms with van der Waals surface area (Å²) >= 11 is 3.91. The van der Waals surface area contributed by atoms with Crippen molar-refractivity contribution in [2.24, 2.45) is 0 Å². The monoisotopic (exact) mass is 282 g/mol. The summed E-state index contributed by atoms with van der Waals surface area (Å²) in [5.74, 6) is 3.52. The van der Waals surface area contributed by atoms with Crippen molar-refractivity contribution in [3.63, 3.8) is 0 Å². The Morgan fingerprint density at radius 2 is 2.33 bits per heavy atom. The van der Waals surface area contributed by atoms with Crippen LogP contribution in [0.3, 0.4) is 0 Å². The molecule has 5 heteroatoms. The number of nitrogens with two attached hydrogens (primary N) is 1. The van der Waals surface area contributed by atoms with Gasteiger partial charge in [0.15, 0.2) is 0 Å². The molecule has 2 rings (SSSR count). The zero-order chi connectivity index (χ0) is 13.0. The van der Waals surface area contributed by atoms with Gasteiger partial charge in [-0.15, -0.1) is 0 Å². The Bertz CT molecular complexity index is 431. The molecule has 98 valence electrons. The lowest BCUT2D eigenvalue weighted by atomic mass is 10.1. The molecule has 18 heavy (non-hydrogen) atoms. The minimum Gasteiger partial charge on any atom is -0.398 e. The fourth-order valence-corrected chi connectivity index (χ4v) is 4.47. The van der Waals surface area contributed by atoms with Crippen LogP contribution >= 0.6 is 23.5 Å². The number of carbonyl (C=O) groups excluding carboxylic acids is 1. The molecule has 1 aliphatic heterocycles. The van der Waals surface area contributed by atoms with Gasteiger partial charge in [0, 0.05) is 40.3 Å². The highest BCUT2D eigenvalue weighted by Gasteiger charge is 2.16. The summed E-state index contributed by atoms with van der Waals surface area (Å²) in [6.07, 6.45) is 0. The van der Waals surface area contributed by atoms with E-state index in [1.54, 1.807) is 0 Å². The molecule has 0 saturated carbocycles. The van der Waals surface area contributed by atoms with Crippen molar-refractivity contribution < 1.29 is 4.79 Å².